The number of amides is 1. The lowest BCUT2D eigenvalue weighted by molar-refractivity contribution is -0.121. The molecule has 0 saturated heterocycles. The van der Waals surface area contributed by atoms with E-state index in [9.17, 15) is 4.79 Å². The number of nitrogens with zero attached hydrogens (tertiary/aromatic N) is 2. The molecule has 0 fully saturated rings. The molecule has 1 rings (SSSR count). The number of carbonyl (C=O) groups excluding carboxylic acids is 1. The normalized spacial score (nSPS) is 12.4. The fourth-order valence-corrected chi connectivity index (χ4v) is 1.68. The van der Waals surface area contributed by atoms with E-state index in [1.165, 1.54) is 0 Å². The lowest BCUT2D eigenvalue weighted by Crippen LogP contribution is -2.30. The number of aromatic nitrogens is 2. The third kappa shape index (κ3) is 5.85. The molecule has 6 heteroatoms. The van der Waals surface area contributed by atoms with Crippen molar-refractivity contribution in [2.45, 2.75) is 32.9 Å². The van der Waals surface area contributed by atoms with E-state index < -0.39 is 0 Å². The number of methoxy groups -OCH3 is 1. The second-order valence-corrected chi connectivity index (χ2v) is 4.40. The molecular weight excluding hydrogens is 244 g/mol. The maximum absolute atomic E-state index is 11.5. The molecule has 0 aromatic carbocycles. The molecule has 0 aliphatic carbocycles. The highest BCUT2D eigenvalue weighted by molar-refractivity contribution is 5.76. The summed E-state index contributed by atoms with van der Waals surface area (Å²) < 4.78 is 6.76. The number of aryl methyl sites for hydroxylation is 1. The van der Waals surface area contributed by atoms with Crippen LogP contribution in [0.3, 0.4) is 0 Å². The van der Waals surface area contributed by atoms with E-state index in [-0.39, 0.29) is 11.9 Å². The van der Waals surface area contributed by atoms with E-state index in [0.717, 1.165) is 12.1 Å². The number of hydrogen-bond acceptors (Lipinski definition) is 4. The molecule has 1 atom stereocenters. The summed E-state index contributed by atoms with van der Waals surface area (Å²) in [6.45, 7) is 6.75. The van der Waals surface area contributed by atoms with Gasteiger partial charge in [-0.2, -0.15) is 5.10 Å². The predicted octanol–water partition coefficient (Wildman–Crippen LogP) is 0.706. The van der Waals surface area contributed by atoms with Crippen LogP contribution in [0.25, 0.3) is 0 Å². The molecule has 0 spiro atoms. The molecule has 1 aromatic rings. The number of nitrogens with one attached hydrogen (secondary N) is 2. The minimum atomic E-state index is 0.0426. The lowest BCUT2D eigenvalue weighted by Gasteiger charge is -2.11. The van der Waals surface area contributed by atoms with Crippen LogP contribution in [0, 0.1) is 0 Å². The first-order valence-corrected chi connectivity index (χ1v) is 6.68. The second-order valence-electron chi connectivity index (χ2n) is 4.40. The van der Waals surface area contributed by atoms with Gasteiger partial charge in [-0.05, 0) is 13.8 Å². The zero-order valence-corrected chi connectivity index (χ0v) is 12.0. The van der Waals surface area contributed by atoms with Crippen molar-refractivity contribution in [3.8, 4) is 0 Å². The van der Waals surface area contributed by atoms with Gasteiger partial charge < -0.3 is 15.4 Å². The highest BCUT2D eigenvalue weighted by Crippen LogP contribution is 2.10. The number of carbonyl (C=O) groups is 1. The van der Waals surface area contributed by atoms with Gasteiger partial charge in [0, 0.05) is 51.0 Å². The number of ether oxygens (including phenoxy) is 1. The molecule has 1 aromatic heterocycles. The SMILES string of the molecule is CCn1cc(C(C)NCCC(=O)NCCOC)cn1. The van der Waals surface area contributed by atoms with Crippen molar-refractivity contribution < 1.29 is 9.53 Å². The predicted molar refractivity (Wildman–Crippen MR) is 73.8 cm³/mol. The van der Waals surface area contributed by atoms with E-state index in [2.05, 4.69) is 29.6 Å². The molecule has 1 unspecified atom stereocenters. The molecule has 108 valence electrons. The van der Waals surface area contributed by atoms with E-state index in [1.54, 1.807) is 7.11 Å². The monoisotopic (exact) mass is 268 g/mol. The van der Waals surface area contributed by atoms with E-state index in [4.69, 9.17) is 4.74 Å². The standard InChI is InChI=1S/C13H24N4O2/c1-4-17-10-12(9-16-17)11(2)14-6-5-13(18)15-7-8-19-3/h9-11,14H,4-8H2,1-3H3,(H,15,18). The fourth-order valence-electron chi connectivity index (χ4n) is 1.68. The Labute approximate surface area is 114 Å². The average molecular weight is 268 g/mol. The molecule has 0 saturated carbocycles. The Morgan fingerprint density at radius 3 is 2.95 bits per heavy atom. The Bertz CT molecular complexity index is 378. The summed E-state index contributed by atoms with van der Waals surface area (Å²) in [4.78, 5) is 11.5. The number of rotatable bonds is 9. The van der Waals surface area contributed by atoms with E-state index >= 15 is 0 Å². The zero-order valence-electron chi connectivity index (χ0n) is 12.0. The summed E-state index contributed by atoms with van der Waals surface area (Å²) in [6.07, 6.45) is 4.35. The molecule has 0 aliphatic heterocycles. The summed E-state index contributed by atoms with van der Waals surface area (Å²) in [7, 11) is 1.62. The van der Waals surface area contributed by atoms with Gasteiger partial charge >= 0.3 is 0 Å². The van der Waals surface area contributed by atoms with Gasteiger partial charge in [-0.3, -0.25) is 9.48 Å². The second kappa shape index (κ2) is 8.66. The molecule has 0 radical (unpaired) electrons. The highest BCUT2D eigenvalue weighted by atomic mass is 16.5. The maximum Gasteiger partial charge on any atom is 0.221 e. The topological polar surface area (TPSA) is 68.2 Å². The molecule has 0 bridgehead atoms. The summed E-state index contributed by atoms with van der Waals surface area (Å²) >= 11 is 0. The molecular formula is C13H24N4O2. The third-order valence-corrected chi connectivity index (χ3v) is 2.91. The van der Waals surface area contributed by atoms with Crippen LogP contribution in [0.15, 0.2) is 12.4 Å². The van der Waals surface area contributed by atoms with Crippen molar-refractivity contribution in [1.82, 2.24) is 20.4 Å². The van der Waals surface area contributed by atoms with E-state index in [1.807, 2.05) is 17.1 Å². The van der Waals surface area contributed by atoms with Crippen LogP contribution in [0.5, 0.6) is 0 Å². The van der Waals surface area contributed by atoms with Crippen molar-refractivity contribution in [2.75, 3.05) is 26.8 Å². The van der Waals surface area contributed by atoms with Gasteiger partial charge in [-0.25, -0.2) is 0 Å². The lowest BCUT2D eigenvalue weighted by atomic mass is 10.2. The summed E-state index contributed by atoms with van der Waals surface area (Å²) in [6, 6.07) is 0.201. The van der Waals surface area contributed by atoms with Gasteiger partial charge in [0.05, 0.1) is 12.8 Å². The van der Waals surface area contributed by atoms with Crippen molar-refractivity contribution in [3.05, 3.63) is 18.0 Å². The summed E-state index contributed by atoms with van der Waals surface area (Å²) in [5.41, 5.74) is 1.14. The highest BCUT2D eigenvalue weighted by Gasteiger charge is 2.08. The molecule has 2 N–H and O–H groups in total. The van der Waals surface area contributed by atoms with Gasteiger partial charge in [-0.1, -0.05) is 0 Å². The van der Waals surface area contributed by atoms with Crippen LogP contribution in [0.2, 0.25) is 0 Å². The minimum Gasteiger partial charge on any atom is -0.383 e. The zero-order chi connectivity index (χ0) is 14.1. The van der Waals surface area contributed by atoms with Crippen molar-refractivity contribution in [1.29, 1.82) is 0 Å². The molecule has 0 aliphatic rings. The molecule has 1 amide bonds. The van der Waals surface area contributed by atoms with Gasteiger partial charge in [-0.15, -0.1) is 0 Å². The van der Waals surface area contributed by atoms with Crippen molar-refractivity contribution in [3.63, 3.8) is 0 Å². The quantitative estimate of drug-likeness (QED) is 0.647. The Hall–Kier alpha value is -1.40. The van der Waals surface area contributed by atoms with Crippen LogP contribution in [0.4, 0.5) is 0 Å². The Kier molecular flexibility index (Phi) is 7.14. The first-order chi connectivity index (χ1) is 9.17. The maximum atomic E-state index is 11.5. The average Bonchev–Trinajstić information content (AvgIpc) is 2.87. The fraction of sp³-hybridized carbons (Fsp3) is 0.692. The van der Waals surface area contributed by atoms with Gasteiger partial charge in [0.15, 0.2) is 0 Å². The molecule has 1 heterocycles. The first kappa shape index (κ1) is 15.7. The first-order valence-electron chi connectivity index (χ1n) is 6.68. The van der Waals surface area contributed by atoms with Gasteiger partial charge in [0.1, 0.15) is 0 Å². The molecule has 6 nitrogen and oxygen atoms in total. The third-order valence-electron chi connectivity index (χ3n) is 2.91. The van der Waals surface area contributed by atoms with Crippen LogP contribution in [-0.2, 0) is 16.1 Å². The van der Waals surface area contributed by atoms with Crippen LogP contribution in [-0.4, -0.2) is 42.5 Å². The van der Waals surface area contributed by atoms with Crippen molar-refractivity contribution >= 4 is 5.91 Å². The van der Waals surface area contributed by atoms with E-state index in [0.29, 0.717) is 26.1 Å². The Balaban J connectivity index is 2.19. The van der Waals surface area contributed by atoms with Gasteiger partial charge in [0.2, 0.25) is 5.91 Å². The largest absolute Gasteiger partial charge is 0.383 e. The number of hydrogen-bond donors (Lipinski definition) is 2. The van der Waals surface area contributed by atoms with Crippen LogP contribution in [0.1, 0.15) is 31.9 Å². The summed E-state index contributed by atoms with van der Waals surface area (Å²) in [5.74, 6) is 0.0426. The minimum absolute atomic E-state index is 0.0426. The van der Waals surface area contributed by atoms with Crippen LogP contribution >= 0.6 is 0 Å². The molecule has 19 heavy (non-hydrogen) atoms. The smallest absolute Gasteiger partial charge is 0.221 e. The summed E-state index contributed by atoms with van der Waals surface area (Å²) in [5, 5.41) is 10.3. The van der Waals surface area contributed by atoms with Gasteiger partial charge in [0.25, 0.3) is 0 Å². The van der Waals surface area contributed by atoms with Crippen LogP contribution < -0.4 is 10.6 Å². The Morgan fingerprint density at radius 2 is 2.32 bits per heavy atom. The Morgan fingerprint density at radius 1 is 1.53 bits per heavy atom. The van der Waals surface area contributed by atoms with Crippen molar-refractivity contribution in [2.24, 2.45) is 0 Å².